The fourth-order valence-electron chi connectivity index (χ4n) is 1.57. The van der Waals surface area contributed by atoms with Gasteiger partial charge in [0.2, 0.25) is 5.91 Å². The maximum absolute atomic E-state index is 11.6. The molecule has 3 nitrogen and oxygen atoms in total. The van der Waals surface area contributed by atoms with E-state index in [0.29, 0.717) is 12.0 Å². The zero-order valence-electron chi connectivity index (χ0n) is 10.2. The standard InChI is InChI=1S/C12H24N2O/c1-4-10(5-2)8-13-9(3)12(15)14-11-6-7-11/h9-11,13H,4-8H2,1-3H3,(H,14,15). The second-order valence-electron chi connectivity index (χ2n) is 4.60. The molecule has 0 aromatic heterocycles. The number of hydrogen-bond donors (Lipinski definition) is 2. The Bertz CT molecular complexity index is 198. The largest absolute Gasteiger partial charge is 0.352 e. The molecule has 1 amide bonds. The Morgan fingerprint density at radius 3 is 2.40 bits per heavy atom. The molecule has 1 unspecified atom stereocenters. The molecule has 0 aromatic rings. The first-order valence-electron chi connectivity index (χ1n) is 6.21. The summed E-state index contributed by atoms with van der Waals surface area (Å²) in [5.41, 5.74) is 0. The Kier molecular flexibility index (Phi) is 5.09. The number of carbonyl (C=O) groups excluding carboxylic acids is 1. The van der Waals surface area contributed by atoms with E-state index in [1.54, 1.807) is 0 Å². The molecule has 15 heavy (non-hydrogen) atoms. The normalized spacial score (nSPS) is 17.9. The summed E-state index contributed by atoms with van der Waals surface area (Å²) in [6, 6.07) is 0.418. The highest BCUT2D eigenvalue weighted by molar-refractivity contribution is 5.81. The number of nitrogens with one attached hydrogen (secondary N) is 2. The van der Waals surface area contributed by atoms with Crippen molar-refractivity contribution in [3.05, 3.63) is 0 Å². The highest BCUT2D eigenvalue weighted by atomic mass is 16.2. The van der Waals surface area contributed by atoms with Crippen LogP contribution < -0.4 is 10.6 Å². The van der Waals surface area contributed by atoms with Crippen LogP contribution in [-0.4, -0.2) is 24.5 Å². The second kappa shape index (κ2) is 6.11. The van der Waals surface area contributed by atoms with Gasteiger partial charge in [0.1, 0.15) is 0 Å². The summed E-state index contributed by atoms with van der Waals surface area (Å²) >= 11 is 0. The minimum atomic E-state index is -0.0498. The Balaban J connectivity index is 2.15. The van der Waals surface area contributed by atoms with Gasteiger partial charge in [-0.05, 0) is 32.2 Å². The van der Waals surface area contributed by atoms with Crippen molar-refractivity contribution in [1.82, 2.24) is 10.6 Å². The summed E-state index contributed by atoms with van der Waals surface area (Å²) in [5, 5.41) is 6.32. The van der Waals surface area contributed by atoms with E-state index in [9.17, 15) is 4.79 Å². The lowest BCUT2D eigenvalue weighted by molar-refractivity contribution is -0.122. The number of amides is 1. The van der Waals surface area contributed by atoms with Crippen molar-refractivity contribution in [3.8, 4) is 0 Å². The molecule has 1 rings (SSSR count). The van der Waals surface area contributed by atoms with Gasteiger partial charge in [0, 0.05) is 6.04 Å². The fourth-order valence-corrected chi connectivity index (χ4v) is 1.57. The van der Waals surface area contributed by atoms with E-state index in [1.807, 2.05) is 6.92 Å². The molecule has 1 aliphatic carbocycles. The molecule has 0 radical (unpaired) electrons. The molecule has 1 saturated carbocycles. The van der Waals surface area contributed by atoms with E-state index in [4.69, 9.17) is 0 Å². The van der Waals surface area contributed by atoms with Crippen molar-refractivity contribution in [2.45, 2.75) is 58.5 Å². The molecule has 1 aliphatic rings. The van der Waals surface area contributed by atoms with E-state index in [-0.39, 0.29) is 11.9 Å². The molecular formula is C12H24N2O. The first kappa shape index (κ1) is 12.5. The number of hydrogen-bond acceptors (Lipinski definition) is 2. The SMILES string of the molecule is CCC(CC)CNC(C)C(=O)NC1CC1. The van der Waals surface area contributed by atoms with Gasteiger partial charge in [0.25, 0.3) is 0 Å². The minimum Gasteiger partial charge on any atom is -0.352 e. The summed E-state index contributed by atoms with van der Waals surface area (Å²) in [6.45, 7) is 7.29. The topological polar surface area (TPSA) is 41.1 Å². The lowest BCUT2D eigenvalue weighted by atomic mass is 10.0. The number of carbonyl (C=O) groups is 1. The van der Waals surface area contributed by atoms with Gasteiger partial charge in [0.05, 0.1) is 6.04 Å². The zero-order chi connectivity index (χ0) is 11.3. The molecule has 2 N–H and O–H groups in total. The maximum atomic E-state index is 11.6. The third kappa shape index (κ3) is 4.65. The van der Waals surface area contributed by atoms with Crippen LogP contribution in [-0.2, 0) is 4.79 Å². The second-order valence-corrected chi connectivity index (χ2v) is 4.60. The molecule has 0 heterocycles. The van der Waals surface area contributed by atoms with Crippen molar-refractivity contribution in [1.29, 1.82) is 0 Å². The lowest BCUT2D eigenvalue weighted by Gasteiger charge is -2.18. The van der Waals surface area contributed by atoms with Crippen LogP contribution in [0.1, 0.15) is 46.5 Å². The van der Waals surface area contributed by atoms with Crippen molar-refractivity contribution in [3.63, 3.8) is 0 Å². The van der Waals surface area contributed by atoms with Crippen LogP contribution in [0.4, 0.5) is 0 Å². The summed E-state index contributed by atoms with van der Waals surface area (Å²) in [5.74, 6) is 0.852. The Hall–Kier alpha value is -0.570. The third-order valence-corrected chi connectivity index (χ3v) is 3.18. The van der Waals surface area contributed by atoms with Crippen LogP contribution in [0.5, 0.6) is 0 Å². The molecular weight excluding hydrogens is 188 g/mol. The van der Waals surface area contributed by atoms with E-state index in [0.717, 1.165) is 19.4 Å². The number of rotatable bonds is 7. The molecule has 88 valence electrons. The average molecular weight is 212 g/mol. The van der Waals surface area contributed by atoms with Crippen molar-refractivity contribution in [2.24, 2.45) is 5.92 Å². The molecule has 1 fully saturated rings. The minimum absolute atomic E-state index is 0.0498. The predicted octanol–water partition coefficient (Wildman–Crippen LogP) is 1.68. The van der Waals surface area contributed by atoms with E-state index >= 15 is 0 Å². The molecule has 0 bridgehead atoms. The summed E-state index contributed by atoms with van der Waals surface area (Å²) in [6.07, 6.45) is 4.68. The van der Waals surface area contributed by atoms with Crippen LogP contribution in [0.3, 0.4) is 0 Å². The van der Waals surface area contributed by atoms with Crippen LogP contribution in [0, 0.1) is 5.92 Å². The van der Waals surface area contributed by atoms with Crippen LogP contribution in [0.2, 0.25) is 0 Å². The molecule has 0 spiro atoms. The molecule has 0 aliphatic heterocycles. The van der Waals surface area contributed by atoms with E-state index < -0.39 is 0 Å². The van der Waals surface area contributed by atoms with Gasteiger partial charge in [-0.25, -0.2) is 0 Å². The summed E-state index contributed by atoms with van der Waals surface area (Å²) in [7, 11) is 0. The van der Waals surface area contributed by atoms with Gasteiger partial charge in [-0.15, -0.1) is 0 Å². The van der Waals surface area contributed by atoms with Crippen LogP contribution in [0.25, 0.3) is 0 Å². The van der Waals surface area contributed by atoms with Crippen LogP contribution >= 0.6 is 0 Å². The van der Waals surface area contributed by atoms with Crippen molar-refractivity contribution in [2.75, 3.05) is 6.54 Å². The smallest absolute Gasteiger partial charge is 0.237 e. The Morgan fingerprint density at radius 2 is 1.93 bits per heavy atom. The van der Waals surface area contributed by atoms with E-state index in [2.05, 4.69) is 24.5 Å². The highest BCUT2D eigenvalue weighted by Gasteiger charge is 2.25. The quantitative estimate of drug-likeness (QED) is 0.674. The first-order chi connectivity index (χ1) is 7.17. The van der Waals surface area contributed by atoms with Gasteiger partial charge in [0.15, 0.2) is 0 Å². The average Bonchev–Trinajstić information content (AvgIpc) is 3.02. The molecule has 1 atom stereocenters. The fraction of sp³-hybridized carbons (Fsp3) is 0.917. The molecule has 0 aromatic carbocycles. The monoisotopic (exact) mass is 212 g/mol. The van der Waals surface area contributed by atoms with Gasteiger partial charge in [-0.3, -0.25) is 4.79 Å². The zero-order valence-corrected chi connectivity index (χ0v) is 10.2. The van der Waals surface area contributed by atoms with Gasteiger partial charge in [-0.1, -0.05) is 26.7 Å². The van der Waals surface area contributed by atoms with Gasteiger partial charge < -0.3 is 10.6 Å². The van der Waals surface area contributed by atoms with Crippen molar-refractivity contribution >= 4 is 5.91 Å². The predicted molar refractivity (Wildman–Crippen MR) is 62.7 cm³/mol. The Morgan fingerprint density at radius 1 is 1.33 bits per heavy atom. The molecule has 3 heteroatoms. The van der Waals surface area contributed by atoms with Gasteiger partial charge >= 0.3 is 0 Å². The van der Waals surface area contributed by atoms with Crippen molar-refractivity contribution < 1.29 is 4.79 Å². The van der Waals surface area contributed by atoms with Crippen LogP contribution in [0.15, 0.2) is 0 Å². The first-order valence-corrected chi connectivity index (χ1v) is 6.21. The van der Waals surface area contributed by atoms with Gasteiger partial charge in [-0.2, -0.15) is 0 Å². The maximum Gasteiger partial charge on any atom is 0.237 e. The van der Waals surface area contributed by atoms with E-state index in [1.165, 1.54) is 12.8 Å². The molecule has 0 saturated heterocycles. The summed E-state index contributed by atoms with van der Waals surface area (Å²) < 4.78 is 0. The lowest BCUT2D eigenvalue weighted by Crippen LogP contribution is -2.44. The highest BCUT2D eigenvalue weighted by Crippen LogP contribution is 2.18. The third-order valence-electron chi connectivity index (χ3n) is 3.18. The Labute approximate surface area is 93.0 Å². The summed E-state index contributed by atoms with van der Waals surface area (Å²) in [4.78, 5) is 11.6.